The van der Waals surface area contributed by atoms with Crippen LogP contribution >= 0.6 is 0 Å². The third-order valence-electron chi connectivity index (χ3n) is 4.25. The van der Waals surface area contributed by atoms with Crippen LogP contribution in [0.3, 0.4) is 0 Å². The normalized spacial score (nSPS) is 10.5. The molecule has 0 aliphatic rings. The van der Waals surface area contributed by atoms with Crippen LogP contribution in [0, 0.1) is 11.6 Å². The average molecular weight is 402 g/mol. The number of rotatable bonds is 5. The van der Waals surface area contributed by atoms with Crippen molar-refractivity contribution in [1.29, 1.82) is 0 Å². The van der Waals surface area contributed by atoms with Crippen LogP contribution in [0.25, 0.3) is 11.3 Å². The number of aromatic nitrogens is 2. The first-order chi connectivity index (χ1) is 14.6. The van der Waals surface area contributed by atoms with Crippen molar-refractivity contribution in [2.75, 3.05) is 10.6 Å². The van der Waals surface area contributed by atoms with Crippen LogP contribution in [0.15, 0.2) is 85.2 Å². The first-order valence-electron chi connectivity index (χ1n) is 9.09. The summed E-state index contributed by atoms with van der Waals surface area (Å²) in [7, 11) is 0. The highest BCUT2D eigenvalue weighted by atomic mass is 19.1. The van der Waals surface area contributed by atoms with Gasteiger partial charge in [-0.15, -0.1) is 0 Å². The van der Waals surface area contributed by atoms with E-state index in [0.717, 1.165) is 29.5 Å². The molecule has 0 atom stereocenters. The molecule has 0 aliphatic heterocycles. The van der Waals surface area contributed by atoms with Crippen LogP contribution < -0.4 is 10.6 Å². The van der Waals surface area contributed by atoms with Gasteiger partial charge in [0.2, 0.25) is 0 Å². The van der Waals surface area contributed by atoms with Gasteiger partial charge in [-0.05, 0) is 30.3 Å². The van der Waals surface area contributed by atoms with Crippen molar-refractivity contribution >= 4 is 23.1 Å². The van der Waals surface area contributed by atoms with Gasteiger partial charge in [0.25, 0.3) is 5.91 Å². The van der Waals surface area contributed by atoms with Crippen molar-refractivity contribution in [2.24, 2.45) is 0 Å². The Hall–Kier alpha value is -4.13. The minimum absolute atomic E-state index is 0.0409. The summed E-state index contributed by atoms with van der Waals surface area (Å²) < 4.78 is 26.7. The summed E-state index contributed by atoms with van der Waals surface area (Å²) in [5.41, 5.74) is 2.71. The van der Waals surface area contributed by atoms with Gasteiger partial charge in [0, 0.05) is 34.6 Å². The van der Waals surface area contributed by atoms with E-state index in [-0.39, 0.29) is 5.69 Å². The number of anilines is 3. The van der Waals surface area contributed by atoms with Crippen LogP contribution in [-0.2, 0) is 0 Å². The molecule has 4 rings (SSSR count). The van der Waals surface area contributed by atoms with Crippen molar-refractivity contribution in [3.8, 4) is 11.3 Å². The number of carbonyl (C=O) groups excluding carboxylic acids is 1. The maximum atomic E-state index is 13.3. The SMILES string of the molecule is O=C(Nc1cc(F)cc(F)c1)c1cccc(Nc2cc(-c3ccccc3)ncn2)c1. The van der Waals surface area contributed by atoms with Crippen molar-refractivity contribution < 1.29 is 13.6 Å². The summed E-state index contributed by atoms with van der Waals surface area (Å²) in [6.07, 6.45) is 1.46. The lowest BCUT2D eigenvalue weighted by Gasteiger charge is -2.10. The van der Waals surface area contributed by atoms with E-state index in [2.05, 4.69) is 20.6 Å². The molecule has 0 saturated heterocycles. The zero-order valence-corrected chi connectivity index (χ0v) is 15.6. The maximum absolute atomic E-state index is 13.3. The summed E-state index contributed by atoms with van der Waals surface area (Å²) in [6, 6.07) is 21.0. The Balaban J connectivity index is 1.52. The second-order valence-corrected chi connectivity index (χ2v) is 6.47. The van der Waals surface area contributed by atoms with Crippen LogP contribution in [-0.4, -0.2) is 15.9 Å². The summed E-state index contributed by atoms with van der Waals surface area (Å²) in [5.74, 6) is -1.46. The Labute approximate surface area is 171 Å². The number of hydrogen-bond acceptors (Lipinski definition) is 4. The average Bonchev–Trinajstić information content (AvgIpc) is 2.74. The summed E-state index contributed by atoms with van der Waals surface area (Å²) in [6.45, 7) is 0. The molecule has 30 heavy (non-hydrogen) atoms. The minimum Gasteiger partial charge on any atom is -0.340 e. The molecule has 0 bridgehead atoms. The highest BCUT2D eigenvalue weighted by molar-refractivity contribution is 6.04. The lowest BCUT2D eigenvalue weighted by Crippen LogP contribution is -2.12. The molecule has 0 unspecified atom stereocenters. The Morgan fingerprint density at radius 2 is 1.53 bits per heavy atom. The second-order valence-electron chi connectivity index (χ2n) is 6.47. The molecule has 1 heterocycles. The number of carbonyl (C=O) groups is 1. The predicted octanol–water partition coefficient (Wildman–Crippen LogP) is 5.42. The van der Waals surface area contributed by atoms with Crippen molar-refractivity contribution in [1.82, 2.24) is 9.97 Å². The van der Waals surface area contributed by atoms with Crippen LogP contribution in [0.1, 0.15) is 10.4 Å². The Kier molecular flexibility index (Phi) is 5.43. The Bertz CT molecular complexity index is 1180. The fraction of sp³-hybridized carbons (Fsp3) is 0. The van der Waals surface area contributed by atoms with E-state index in [0.29, 0.717) is 17.1 Å². The van der Waals surface area contributed by atoms with E-state index in [1.165, 1.54) is 6.33 Å². The second kappa shape index (κ2) is 8.48. The van der Waals surface area contributed by atoms with Gasteiger partial charge in [-0.2, -0.15) is 0 Å². The molecule has 148 valence electrons. The maximum Gasteiger partial charge on any atom is 0.255 e. The fourth-order valence-electron chi connectivity index (χ4n) is 2.91. The number of nitrogens with zero attached hydrogens (tertiary/aromatic N) is 2. The zero-order valence-electron chi connectivity index (χ0n) is 15.6. The van der Waals surface area contributed by atoms with Crippen molar-refractivity contribution in [2.45, 2.75) is 0 Å². The quantitative estimate of drug-likeness (QED) is 0.468. The lowest BCUT2D eigenvalue weighted by molar-refractivity contribution is 0.102. The molecule has 1 amide bonds. The third kappa shape index (κ3) is 4.64. The number of halogens is 2. The highest BCUT2D eigenvalue weighted by Gasteiger charge is 2.10. The van der Waals surface area contributed by atoms with Gasteiger partial charge in [0.05, 0.1) is 5.69 Å². The molecular formula is C23H16F2N4O. The lowest BCUT2D eigenvalue weighted by atomic mass is 10.1. The number of hydrogen-bond donors (Lipinski definition) is 2. The molecule has 0 saturated carbocycles. The number of nitrogens with one attached hydrogen (secondary N) is 2. The summed E-state index contributed by atoms with van der Waals surface area (Å²) in [5, 5.41) is 5.63. The Morgan fingerprint density at radius 3 is 2.30 bits per heavy atom. The molecule has 7 heteroatoms. The van der Waals surface area contributed by atoms with Crippen molar-refractivity contribution in [3.05, 3.63) is 102 Å². The van der Waals surface area contributed by atoms with Crippen LogP contribution in [0.5, 0.6) is 0 Å². The first kappa shape index (κ1) is 19.2. The molecule has 0 aliphatic carbocycles. The fourth-order valence-corrected chi connectivity index (χ4v) is 2.91. The third-order valence-corrected chi connectivity index (χ3v) is 4.25. The smallest absolute Gasteiger partial charge is 0.255 e. The zero-order chi connectivity index (χ0) is 20.9. The topological polar surface area (TPSA) is 66.9 Å². The summed E-state index contributed by atoms with van der Waals surface area (Å²) in [4.78, 5) is 21.0. The number of amides is 1. The molecular weight excluding hydrogens is 386 g/mol. The predicted molar refractivity (Wildman–Crippen MR) is 112 cm³/mol. The first-order valence-corrected chi connectivity index (χ1v) is 9.09. The van der Waals surface area contributed by atoms with Gasteiger partial charge in [-0.25, -0.2) is 18.7 Å². The van der Waals surface area contributed by atoms with E-state index >= 15 is 0 Å². The molecule has 3 aromatic carbocycles. The van der Waals surface area contributed by atoms with Gasteiger partial charge < -0.3 is 10.6 Å². The van der Waals surface area contributed by atoms with Gasteiger partial charge in [0.1, 0.15) is 23.8 Å². The minimum atomic E-state index is -0.765. The molecule has 5 nitrogen and oxygen atoms in total. The molecule has 0 radical (unpaired) electrons. The van der Waals surface area contributed by atoms with Crippen LogP contribution in [0.4, 0.5) is 26.0 Å². The molecule has 4 aromatic rings. The molecule has 0 fully saturated rings. The van der Waals surface area contributed by atoms with Gasteiger partial charge in [-0.3, -0.25) is 4.79 Å². The number of benzene rings is 3. The highest BCUT2D eigenvalue weighted by Crippen LogP contribution is 2.22. The van der Waals surface area contributed by atoms with E-state index in [9.17, 15) is 13.6 Å². The van der Waals surface area contributed by atoms with E-state index in [4.69, 9.17) is 0 Å². The van der Waals surface area contributed by atoms with Crippen molar-refractivity contribution in [3.63, 3.8) is 0 Å². The summed E-state index contributed by atoms with van der Waals surface area (Å²) >= 11 is 0. The Morgan fingerprint density at radius 1 is 0.767 bits per heavy atom. The van der Waals surface area contributed by atoms with Gasteiger partial charge >= 0.3 is 0 Å². The largest absolute Gasteiger partial charge is 0.340 e. The molecule has 0 spiro atoms. The van der Waals surface area contributed by atoms with E-state index in [1.807, 2.05) is 30.3 Å². The molecule has 2 N–H and O–H groups in total. The van der Waals surface area contributed by atoms with Crippen LogP contribution in [0.2, 0.25) is 0 Å². The van der Waals surface area contributed by atoms with E-state index in [1.54, 1.807) is 30.3 Å². The van der Waals surface area contributed by atoms with Gasteiger partial charge in [-0.1, -0.05) is 36.4 Å². The van der Waals surface area contributed by atoms with Gasteiger partial charge in [0.15, 0.2) is 0 Å². The monoisotopic (exact) mass is 402 g/mol. The standard InChI is InChI=1S/C23H16F2N4O/c24-17-10-18(25)12-20(11-17)29-23(30)16-7-4-8-19(9-16)28-22-13-21(26-14-27-22)15-5-2-1-3-6-15/h1-14H,(H,29,30)(H,26,27,28). The van der Waals surface area contributed by atoms with E-state index < -0.39 is 17.5 Å². The molecule has 1 aromatic heterocycles.